The van der Waals surface area contributed by atoms with Crippen molar-refractivity contribution in [3.63, 3.8) is 0 Å². The Morgan fingerprint density at radius 3 is 1.92 bits per heavy atom. The van der Waals surface area contributed by atoms with Crippen molar-refractivity contribution in [2.24, 2.45) is 0 Å². The number of ether oxygens (including phenoxy) is 2. The molecule has 2 aromatic rings. The fraction of sp³-hybridized carbons (Fsp3) is 0.455. The van der Waals surface area contributed by atoms with Gasteiger partial charge in [0.1, 0.15) is 0 Å². The van der Waals surface area contributed by atoms with Crippen LogP contribution in [0.3, 0.4) is 0 Å². The molecule has 2 aromatic carbocycles. The Morgan fingerprint density at radius 2 is 1.46 bits per heavy atom. The Labute approximate surface area is 157 Å². The quantitative estimate of drug-likeness (QED) is 0.854. The van der Waals surface area contributed by atoms with Crippen molar-refractivity contribution >= 4 is 0 Å². The summed E-state index contributed by atoms with van der Waals surface area (Å²) in [5.41, 5.74) is 2.13. The van der Waals surface area contributed by atoms with E-state index < -0.39 is 6.29 Å². The van der Waals surface area contributed by atoms with Gasteiger partial charge in [0.25, 0.3) is 0 Å². The van der Waals surface area contributed by atoms with Crippen LogP contribution in [0.15, 0.2) is 60.7 Å². The molecule has 1 heterocycles. The van der Waals surface area contributed by atoms with E-state index in [0.717, 1.165) is 17.5 Å². The van der Waals surface area contributed by atoms with E-state index >= 15 is 0 Å². The predicted octanol–water partition coefficient (Wildman–Crippen LogP) is 4.29. The molecule has 4 nitrogen and oxygen atoms in total. The summed E-state index contributed by atoms with van der Waals surface area (Å²) in [6, 6.07) is 19.6. The van der Waals surface area contributed by atoms with Crippen molar-refractivity contribution in [1.29, 1.82) is 0 Å². The first-order valence-electron chi connectivity index (χ1n) is 9.31. The average Bonchev–Trinajstić information content (AvgIpc) is 2.69. The minimum atomic E-state index is -0.676. The highest BCUT2D eigenvalue weighted by Gasteiger charge is 2.26. The molecule has 1 saturated heterocycles. The summed E-state index contributed by atoms with van der Waals surface area (Å²) in [6.07, 6.45) is 0.911. The molecule has 0 aromatic heterocycles. The van der Waals surface area contributed by atoms with E-state index in [1.165, 1.54) is 0 Å². The second-order valence-electron chi connectivity index (χ2n) is 5.94. The van der Waals surface area contributed by atoms with Gasteiger partial charge in [-0.25, -0.2) is 0 Å². The highest BCUT2D eigenvalue weighted by atomic mass is 16.6. The number of rotatable bonds is 4. The maximum absolute atomic E-state index is 9.44. The van der Waals surface area contributed by atoms with Crippen molar-refractivity contribution in [3.8, 4) is 0 Å². The fourth-order valence-corrected chi connectivity index (χ4v) is 2.58. The van der Waals surface area contributed by atoms with Crippen LogP contribution in [-0.4, -0.2) is 28.7 Å². The highest BCUT2D eigenvalue weighted by Crippen LogP contribution is 2.21. The molecule has 1 fully saturated rings. The number of hydrogen-bond acceptors (Lipinski definition) is 4. The SMILES string of the molecule is CC.CC1CC(OCc2ccccc2)CC(O)O1.OCc1ccccc1. The first-order chi connectivity index (χ1) is 12.7. The zero-order chi connectivity index (χ0) is 19.2. The van der Waals surface area contributed by atoms with Crippen molar-refractivity contribution in [1.82, 2.24) is 0 Å². The first kappa shape index (κ1) is 22.3. The second-order valence-corrected chi connectivity index (χ2v) is 5.94. The average molecular weight is 360 g/mol. The van der Waals surface area contributed by atoms with Gasteiger partial charge in [-0.2, -0.15) is 0 Å². The molecule has 0 radical (unpaired) electrons. The first-order valence-corrected chi connectivity index (χ1v) is 9.31. The van der Waals surface area contributed by atoms with E-state index in [1.54, 1.807) is 0 Å². The van der Waals surface area contributed by atoms with Gasteiger partial charge in [-0.1, -0.05) is 74.5 Å². The van der Waals surface area contributed by atoms with Gasteiger partial charge < -0.3 is 19.7 Å². The van der Waals surface area contributed by atoms with E-state index in [2.05, 4.69) is 0 Å². The largest absolute Gasteiger partial charge is 0.392 e. The van der Waals surface area contributed by atoms with Gasteiger partial charge in [0.05, 0.1) is 25.4 Å². The lowest BCUT2D eigenvalue weighted by molar-refractivity contribution is -0.194. The Kier molecular flexibility index (Phi) is 11.6. The lowest BCUT2D eigenvalue weighted by Crippen LogP contribution is -2.35. The summed E-state index contributed by atoms with van der Waals surface area (Å²) in [4.78, 5) is 0. The van der Waals surface area contributed by atoms with Gasteiger partial charge in [-0.15, -0.1) is 0 Å². The van der Waals surface area contributed by atoms with Crippen molar-refractivity contribution < 1.29 is 19.7 Å². The molecular weight excluding hydrogens is 328 g/mol. The molecule has 0 aliphatic carbocycles. The summed E-state index contributed by atoms with van der Waals surface area (Å²) < 4.78 is 11.0. The molecular formula is C22H32O4. The lowest BCUT2D eigenvalue weighted by Gasteiger charge is -2.30. The number of benzene rings is 2. The number of hydrogen-bond donors (Lipinski definition) is 2. The molecule has 2 N–H and O–H groups in total. The Bertz CT molecular complexity index is 549. The van der Waals surface area contributed by atoms with Crippen LogP contribution in [-0.2, 0) is 22.7 Å². The van der Waals surface area contributed by atoms with Gasteiger partial charge in [-0.3, -0.25) is 0 Å². The lowest BCUT2D eigenvalue weighted by atomic mass is 10.1. The van der Waals surface area contributed by atoms with Crippen molar-refractivity contribution in [3.05, 3.63) is 71.8 Å². The fourth-order valence-electron chi connectivity index (χ4n) is 2.58. The minimum absolute atomic E-state index is 0.0736. The standard InChI is InChI=1S/C13H18O3.C7H8O.C2H6/c1-10-7-12(8-13(14)16-10)15-9-11-5-3-2-4-6-11;8-6-7-4-2-1-3-5-7;1-2/h2-6,10,12-14H,7-9H2,1H3;1-5,8H,6H2;1-2H3. The van der Waals surface area contributed by atoms with E-state index in [1.807, 2.05) is 81.4 Å². The summed E-state index contributed by atoms with van der Waals surface area (Å²) >= 11 is 0. The molecule has 3 unspecified atom stereocenters. The predicted molar refractivity (Wildman–Crippen MR) is 105 cm³/mol. The van der Waals surface area contributed by atoms with Crippen LogP contribution in [0.1, 0.15) is 44.7 Å². The Hall–Kier alpha value is -1.72. The zero-order valence-corrected chi connectivity index (χ0v) is 16.0. The van der Waals surface area contributed by atoms with Crippen LogP contribution in [0.25, 0.3) is 0 Å². The van der Waals surface area contributed by atoms with Gasteiger partial charge in [-0.05, 0) is 24.5 Å². The zero-order valence-electron chi connectivity index (χ0n) is 16.0. The minimum Gasteiger partial charge on any atom is -0.392 e. The van der Waals surface area contributed by atoms with Crippen LogP contribution in [0.2, 0.25) is 0 Å². The molecule has 26 heavy (non-hydrogen) atoms. The Balaban J connectivity index is 0.000000284. The molecule has 0 bridgehead atoms. The van der Waals surface area contributed by atoms with Gasteiger partial charge >= 0.3 is 0 Å². The molecule has 0 saturated carbocycles. The summed E-state index contributed by atoms with van der Waals surface area (Å²) in [5, 5.41) is 18.0. The summed E-state index contributed by atoms with van der Waals surface area (Å²) in [5.74, 6) is 0. The molecule has 0 amide bonds. The van der Waals surface area contributed by atoms with E-state index in [4.69, 9.17) is 14.6 Å². The topological polar surface area (TPSA) is 58.9 Å². The molecule has 1 aliphatic rings. The molecule has 0 spiro atoms. The van der Waals surface area contributed by atoms with Crippen molar-refractivity contribution in [2.45, 2.75) is 65.3 Å². The van der Waals surface area contributed by atoms with Crippen molar-refractivity contribution in [2.75, 3.05) is 0 Å². The third-order valence-electron chi connectivity index (χ3n) is 3.80. The van der Waals surface area contributed by atoms with E-state index in [9.17, 15) is 5.11 Å². The molecule has 4 heteroatoms. The van der Waals surface area contributed by atoms with E-state index in [-0.39, 0.29) is 18.8 Å². The van der Waals surface area contributed by atoms with E-state index in [0.29, 0.717) is 13.0 Å². The van der Waals surface area contributed by atoms with Crippen LogP contribution in [0.5, 0.6) is 0 Å². The van der Waals surface area contributed by atoms with Gasteiger partial charge in [0, 0.05) is 6.42 Å². The molecule has 3 atom stereocenters. The van der Waals surface area contributed by atoms with Crippen LogP contribution in [0.4, 0.5) is 0 Å². The number of aliphatic hydroxyl groups excluding tert-OH is 2. The van der Waals surface area contributed by atoms with Gasteiger partial charge in [0.2, 0.25) is 0 Å². The maximum atomic E-state index is 9.44. The maximum Gasteiger partial charge on any atom is 0.157 e. The number of aliphatic hydroxyl groups is 2. The van der Waals surface area contributed by atoms with Crippen LogP contribution < -0.4 is 0 Å². The molecule has 3 rings (SSSR count). The highest BCUT2D eigenvalue weighted by molar-refractivity contribution is 5.13. The smallest absolute Gasteiger partial charge is 0.157 e. The Morgan fingerprint density at radius 1 is 0.923 bits per heavy atom. The third-order valence-corrected chi connectivity index (χ3v) is 3.80. The van der Waals surface area contributed by atoms with Crippen LogP contribution in [0, 0.1) is 0 Å². The summed E-state index contributed by atoms with van der Waals surface area (Å²) in [7, 11) is 0. The summed E-state index contributed by atoms with van der Waals surface area (Å²) in [6.45, 7) is 6.70. The molecule has 1 aliphatic heterocycles. The third kappa shape index (κ3) is 9.11. The van der Waals surface area contributed by atoms with Gasteiger partial charge in [0.15, 0.2) is 6.29 Å². The molecule has 144 valence electrons. The second kappa shape index (κ2) is 13.5. The monoisotopic (exact) mass is 360 g/mol. The van der Waals surface area contributed by atoms with Crippen LogP contribution >= 0.6 is 0 Å². The normalized spacial score (nSPS) is 21.7.